The van der Waals surface area contributed by atoms with E-state index < -0.39 is 28.4 Å². The van der Waals surface area contributed by atoms with E-state index in [9.17, 15) is 17.6 Å². The molecule has 6 aromatic rings. The Morgan fingerprint density at radius 1 is 0.354 bits per heavy atom. The van der Waals surface area contributed by atoms with Crippen LogP contribution in [0.2, 0.25) is 0 Å². The minimum Gasteiger partial charge on any atom is -0.395 e. The first-order valence-electron chi connectivity index (χ1n) is 14.9. The van der Waals surface area contributed by atoms with E-state index >= 15 is 0 Å². The van der Waals surface area contributed by atoms with Gasteiger partial charge in [0, 0.05) is 11.1 Å². The van der Waals surface area contributed by atoms with Gasteiger partial charge >= 0.3 is 12.6 Å². The van der Waals surface area contributed by atoms with E-state index in [-0.39, 0.29) is 34.1 Å². The van der Waals surface area contributed by atoms with Crippen LogP contribution in [0.4, 0.5) is 17.6 Å². The highest BCUT2D eigenvalue weighted by molar-refractivity contribution is 7.80. The molecule has 0 spiro atoms. The standard InChI is InChI=1S/C38H24F4O4P2/c39-37(40)43-29-21-23-31(47(25-13-5-1-6-14-25)26-15-7-2-8-16-26)33(35(29)45-37)34-32(24-22-30-36(34)46-38(41,42)44-30)48(27-17-9-3-10-18-27)28-19-11-4-12-20-28/h1-24H. The lowest BCUT2D eigenvalue weighted by atomic mass is 10.0. The predicted octanol–water partition coefficient (Wildman–Crippen LogP) is 7.51. The second kappa shape index (κ2) is 12.0. The topological polar surface area (TPSA) is 36.9 Å². The normalized spacial score (nSPS) is 15.2. The molecule has 2 heterocycles. The van der Waals surface area contributed by atoms with Gasteiger partial charge in [-0.05, 0) is 71.9 Å². The third kappa shape index (κ3) is 5.55. The summed E-state index contributed by atoms with van der Waals surface area (Å²) in [5, 5.41) is 4.83. The van der Waals surface area contributed by atoms with E-state index in [1.165, 1.54) is 12.1 Å². The minimum atomic E-state index is -3.99. The van der Waals surface area contributed by atoms with Gasteiger partial charge in [-0.2, -0.15) is 0 Å². The van der Waals surface area contributed by atoms with Crippen LogP contribution in [0, 0.1) is 0 Å². The number of fused-ring (bicyclic) bond motifs is 2. The maximum Gasteiger partial charge on any atom is 0.586 e. The van der Waals surface area contributed by atoms with Crippen molar-refractivity contribution in [3.8, 4) is 34.1 Å². The van der Waals surface area contributed by atoms with Gasteiger partial charge in [-0.3, -0.25) is 0 Å². The first kappa shape index (κ1) is 30.4. The monoisotopic (exact) mass is 682 g/mol. The number of hydrogen-bond donors (Lipinski definition) is 0. The summed E-state index contributed by atoms with van der Waals surface area (Å²) in [4.78, 5) is 0. The Labute approximate surface area is 276 Å². The zero-order valence-corrected chi connectivity index (χ0v) is 26.7. The van der Waals surface area contributed by atoms with Crippen LogP contribution in [0.1, 0.15) is 0 Å². The van der Waals surface area contributed by atoms with E-state index in [4.69, 9.17) is 18.9 Å². The van der Waals surface area contributed by atoms with Crippen molar-refractivity contribution in [2.75, 3.05) is 0 Å². The van der Waals surface area contributed by atoms with Crippen LogP contribution in [0.3, 0.4) is 0 Å². The molecule has 0 unspecified atom stereocenters. The van der Waals surface area contributed by atoms with Crippen molar-refractivity contribution in [1.29, 1.82) is 0 Å². The third-order valence-corrected chi connectivity index (χ3v) is 12.9. The highest BCUT2D eigenvalue weighted by atomic mass is 31.1. The molecule has 0 saturated heterocycles. The SMILES string of the molecule is FC1(F)Oc2ccc(P(c3ccccc3)c3ccccc3)c(-c3c(P(c4ccccc4)c4ccccc4)ccc4c3OC(F)(F)O4)c2O1. The van der Waals surface area contributed by atoms with E-state index in [0.29, 0.717) is 10.6 Å². The molecular weight excluding hydrogens is 658 g/mol. The van der Waals surface area contributed by atoms with Crippen LogP contribution in [0.25, 0.3) is 11.1 Å². The van der Waals surface area contributed by atoms with Gasteiger partial charge < -0.3 is 18.9 Å². The molecule has 0 N–H and O–H groups in total. The predicted molar refractivity (Wildman–Crippen MR) is 182 cm³/mol. The Morgan fingerprint density at radius 3 is 0.938 bits per heavy atom. The van der Waals surface area contributed by atoms with E-state index in [1.807, 2.05) is 121 Å². The summed E-state index contributed by atoms with van der Waals surface area (Å²) in [6, 6.07) is 44.9. The second-order valence-corrected chi connectivity index (χ2v) is 15.3. The number of benzene rings is 6. The van der Waals surface area contributed by atoms with Gasteiger partial charge in [-0.1, -0.05) is 121 Å². The lowest BCUT2D eigenvalue weighted by Gasteiger charge is -2.27. The zero-order valence-electron chi connectivity index (χ0n) is 24.9. The Balaban J connectivity index is 1.50. The lowest BCUT2D eigenvalue weighted by molar-refractivity contribution is -0.287. The van der Waals surface area contributed by atoms with Crippen molar-refractivity contribution in [2.45, 2.75) is 12.6 Å². The molecule has 48 heavy (non-hydrogen) atoms. The van der Waals surface area contributed by atoms with Crippen molar-refractivity contribution in [1.82, 2.24) is 0 Å². The fourth-order valence-electron chi connectivity index (χ4n) is 6.02. The first-order chi connectivity index (χ1) is 23.3. The summed E-state index contributed by atoms with van der Waals surface area (Å²) in [7, 11) is -2.91. The van der Waals surface area contributed by atoms with Crippen molar-refractivity contribution in [3.63, 3.8) is 0 Å². The lowest BCUT2D eigenvalue weighted by Crippen LogP contribution is -2.28. The molecule has 0 atom stereocenters. The summed E-state index contributed by atoms with van der Waals surface area (Å²) >= 11 is 0. The molecule has 10 heteroatoms. The summed E-state index contributed by atoms with van der Waals surface area (Å²) in [6.45, 7) is 0. The van der Waals surface area contributed by atoms with Crippen LogP contribution in [0.15, 0.2) is 146 Å². The van der Waals surface area contributed by atoms with Gasteiger partial charge in [0.1, 0.15) is 0 Å². The smallest absolute Gasteiger partial charge is 0.395 e. The summed E-state index contributed by atoms with van der Waals surface area (Å²) in [5.74, 6) is -0.955. The molecule has 8 rings (SSSR count). The minimum absolute atomic E-state index is 0.177. The Bertz CT molecular complexity index is 1870. The molecule has 2 aliphatic heterocycles. The van der Waals surface area contributed by atoms with Crippen molar-refractivity contribution >= 4 is 47.7 Å². The second-order valence-electron chi connectivity index (χ2n) is 10.9. The highest BCUT2D eigenvalue weighted by Crippen LogP contribution is 2.56. The fraction of sp³-hybridized carbons (Fsp3) is 0.0526. The summed E-state index contributed by atoms with van der Waals surface area (Å²) in [6.07, 6.45) is -7.97. The van der Waals surface area contributed by atoms with Gasteiger partial charge in [0.05, 0.1) is 0 Å². The highest BCUT2D eigenvalue weighted by Gasteiger charge is 2.49. The molecule has 0 aliphatic carbocycles. The van der Waals surface area contributed by atoms with Crippen LogP contribution < -0.4 is 50.8 Å². The number of ether oxygens (including phenoxy) is 4. The van der Waals surface area contributed by atoms with Crippen LogP contribution in [0.5, 0.6) is 23.0 Å². The average Bonchev–Trinajstić information content (AvgIpc) is 3.60. The molecule has 6 aromatic carbocycles. The molecule has 0 radical (unpaired) electrons. The van der Waals surface area contributed by atoms with Crippen molar-refractivity contribution in [3.05, 3.63) is 146 Å². The summed E-state index contributed by atoms with van der Waals surface area (Å²) in [5.41, 5.74) is 0.354. The molecule has 0 aromatic heterocycles. The zero-order chi connectivity index (χ0) is 32.9. The number of halogens is 4. The average molecular weight is 683 g/mol. The summed E-state index contributed by atoms with van der Waals surface area (Å²) < 4.78 is 80.4. The molecule has 4 nitrogen and oxygen atoms in total. The van der Waals surface area contributed by atoms with E-state index in [2.05, 4.69) is 0 Å². The van der Waals surface area contributed by atoms with Gasteiger partial charge in [0.15, 0.2) is 23.0 Å². The number of hydrogen-bond acceptors (Lipinski definition) is 4. The molecule has 0 fully saturated rings. The number of alkyl halides is 4. The van der Waals surface area contributed by atoms with Crippen LogP contribution in [-0.2, 0) is 0 Å². The molecular formula is C38H24F4O4P2. The largest absolute Gasteiger partial charge is 0.586 e. The van der Waals surface area contributed by atoms with Crippen molar-refractivity contribution in [2.24, 2.45) is 0 Å². The van der Waals surface area contributed by atoms with E-state index in [0.717, 1.165) is 21.2 Å². The van der Waals surface area contributed by atoms with Gasteiger partial charge in [0.2, 0.25) is 0 Å². The van der Waals surface area contributed by atoms with E-state index in [1.54, 1.807) is 12.1 Å². The molecule has 2 aliphatic rings. The quantitative estimate of drug-likeness (QED) is 0.129. The molecule has 0 saturated carbocycles. The third-order valence-electron chi connectivity index (χ3n) is 7.89. The Kier molecular flexibility index (Phi) is 7.59. The van der Waals surface area contributed by atoms with Crippen LogP contribution >= 0.6 is 15.8 Å². The van der Waals surface area contributed by atoms with Gasteiger partial charge in [0.25, 0.3) is 0 Å². The maximum atomic E-state index is 15.0. The van der Waals surface area contributed by atoms with Gasteiger partial charge in [-0.15, -0.1) is 17.6 Å². The van der Waals surface area contributed by atoms with Crippen LogP contribution in [-0.4, -0.2) is 12.6 Å². The Hall–Kier alpha value is -4.90. The fourth-order valence-corrected chi connectivity index (χ4v) is 10.9. The van der Waals surface area contributed by atoms with Gasteiger partial charge in [-0.25, -0.2) is 0 Å². The van der Waals surface area contributed by atoms with Crippen molar-refractivity contribution < 1.29 is 36.5 Å². The first-order valence-corrected chi connectivity index (χ1v) is 17.6. The Morgan fingerprint density at radius 2 is 0.646 bits per heavy atom. The maximum absolute atomic E-state index is 15.0. The number of rotatable bonds is 7. The molecule has 238 valence electrons. The molecule has 0 amide bonds. The molecule has 0 bridgehead atoms.